The van der Waals surface area contributed by atoms with Crippen LogP contribution in [-0.4, -0.2) is 24.5 Å². The fourth-order valence-electron chi connectivity index (χ4n) is 1.78. The number of carboxylic acid groups (broad SMARTS) is 1. The molecule has 1 heterocycles. The van der Waals surface area contributed by atoms with Crippen molar-refractivity contribution >= 4 is 27.3 Å². The first kappa shape index (κ1) is 15.6. The minimum atomic E-state index is -3.92. The van der Waals surface area contributed by atoms with E-state index < -0.39 is 27.7 Å². The van der Waals surface area contributed by atoms with E-state index in [1.165, 1.54) is 5.51 Å². The number of aryl methyl sites for hydroxylation is 1. The van der Waals surface area contributed by atoms with Crippen molar-refractivity contribution in [3.8, 4) is 0 Å². The Hall–Kier alpha value is -1.77. The summed E-state index contributed by atoms with van der Waals surface area (Å²) in [7, 11) is -3.92. The molecular formula is C13H14N2O4S2. The third-order valence-corrected chi connectivity index (χ3v) is 5.80. The second-order valence-corrected chi connectivity index (χ2v) is 7.31. The van der Waals surface area contributed by atoms with Crippen molar-refractivity contribution in [1.82, 2.24) is 9.71 Å². The lowest BCUT2D eigenvalue weighted by molar-refractivity contribution is 0.0687. The lowest BCUT2D eigenvalue weighted by Gasteiger charge is -2.14. The number of carboxylic acids is 1. The molecule has 8 heteroatoms. The Morgan fingerprint density at radius 3 is 2.52 bits per heavy atom. The van der Waals surface area contributed by atoms with Gasteiger partial charge in [-0.05, 0) is 19.4 Å². The molecule has 2 N–H and O–H groups in total. The molecule has 2 aromatic rings. The van der Waals surface area contributed by atoms with Gasteiger partial charge in [0.25, 0.3) is 10.0 Å². The first-order valence-corrected chi connectivity index (χ1v) is 8.43. The van der Waals surface area contributed by atoms with Crippen LogP contribution in [0, 0.1) is 6.92 Å². The first-order chi connectivity index (χ1) is 9.81. The van der Waals surface area contributed by atoms with Crippen molar-refractivity contribution in [1.29, 1.82) is 0 Å². The van der Waals surface area contributed by atoms with Crippen LogP contribution in [0.15, 0.2) is 34.0 Å². The summed E-state index contributed by atoms with van der Waals surface area (Å²) in [6.07, 6.45) is 0. The van der Waals surface area contributed by atoms with Gasteiger partial charge >= 0.3 is 5.97 Å². The van der Waals surface area contributed by atoms with Gasteiger partial charge in [-0.2, -0.15) is 0 Å². The lowest BCUT2D eigenvalue weighted by Crippen LogP contribution is -2.27. The summed E-state index contributed by atoms with van der Waals surface area (Å²) in [5, 5.41) is 8.95. The van der Waals surface area contributed by atoms with Crippen LogP contribution in [0.4, 0.5) is 0 Å². The number of benzene rings is 1. The molecule has 0 saturated carbocycles. The SMILES string of the molecule is Cc1ccc([C@@H](C)NS(=O)(=O)c2scnc2C(=O)O)cc1. The molecule has 0 aliphatic heterocycles. The highest BCUT2D eigenvalue weighted by atomic mass is 32.2. The van der Waals surface area contributed by atoms with Crippen molar-refractivity contribution in [3.63, 3.8) is 0 Å². The van der Waals surface area contributed by atoms with Crippen LogP contribution in [0.5, 0.6) is 0 Å². The smallest absolute Gasteiger partial charge is 0.356 e. The zero-order valence-electron chi connectivity index (χ0n) is 11.4. The van der Waals surface area contributed by atoms with Gasteiger partial charge < -0.3 is 5.11 Å². The summed E-state index contributed by atoms with van der Waals surface area (Å²) >= 11 is 0.782. The summed E-state index contributed by atoms with van der Waals surface area (Å²) in [5.74, 6) is -1.36. The largest absolute Gasteiger partial charge is 0.476 e. The number of sulfonamides is 1. The Bertz CT molecular complexity index is 751. The van der Waals surface area contributed by atoms with Gasteiger partial charge in [-0.1, -0.05) is 29.8 Å². The third-order valence-electron chi connectivity index (χ3n) is 2.89. The number of rotatable bonds is 5. The maximum absolute atomic E-state index is 12.3. The molecule has 0 unspecified atom stereocenters. The van der Waals surface area contributed by atoms with E-state index in [9.17, 15) is 13.2 Å². The van der Waals surface area contributed by atoms with Gasteiger partial charge in [0, 0.05) is 6.04 Å². The number of nitrogens with zero attached hydrogens (tertiary/aromatic N) is 1. The summed E-state index contributed by atoms with van der Waals surface area (Å²) in [6, 6.07) is 6.95. The van der Waals surface area contributed by atoms with Crippen LogP contribution in [0.1, 0.15) is 34.6 Å². The summed E-state index contributed by atoms with van der Waals surface area (Å²) in [5.41, 5.74) is 2.62. The molecule has 2 rings (SSSR count). The van der Waals surface area contributed by atoms with Crippen LogP contribution >= 0.6 is 11.3 Å². The number of hydrogen-bond donors (Lipinski definition) is 2. The highest BCUT2D eigenvalue weighted by Crippen LogP contribution is 2.23. The Labute approximate surface area is 126 Å². The van der Waals surface area contributed by atoms with Gasteiger partial charge in [-0.25, -0.2) is 22.9 Å². The van der Waals surface area contributed by atoms with Crippen LogP contribution in [0.2, 0.25) is 0 Å². The Balaban J connectivity index is 2.27. The number of thiazole rings is 1. The third kappa shape index (κ3) is 3.46. The van der Waals surface area contributed by atoms with Crippen LogP contribution < -0.4 is 4.72 Å². The fourth-order valence-corrected chi connectivity index (χ4v) is 4.17. The molecule has 1 aromatic heterocycles. The van der Waals surface area contributed by atoms with Crippen molar-refractivity contribution in [2.75, 3.05) is 0 Å². The van der Waals surface area contributed by atoms with Crippen molar-refractivity contribution in [2.24, 2.45) is 0 Å². The zero-order chi connectivity index (χ0) is 15.6. The number of nitrogens with one attached hydrogen (secondary N) is 1. The molecule has 0 saturated heterocycles. The molecule has 1 atom stereocenters. The van der Waals surface area contributed by atoms with Gasteiger partial charge in [0.1, 0.15) is 0 Å². The topological polar surface area (TPSA) is 96.4 Å². The molecule has 0 spiro atoms. The lowest BCUT2D eigenvalue weighted by atomic mass is 10.1. The molecule has 0 radical (unpaired) electrons. The minimum absolute atomic E-state index is 0.283. The minimum Gasteiger partial charge on any atom is -0.476 e. The van der Waals surface area contributed by atoms with Gasteiger partial charge in [0.15, 0.2) is 9.90 Å². The van der Waals surface area contributed by atoms with Gasteiger partial charge in [-0.3, -0.25) is 0 Å². The molecule has 0 aliphatic carbocycles. The average Bonchev–Trinajstić information content (AvgIpc) is 2.89. The van der Waals surface area contributed by atoms with Crippen molar-refractivity contribution < 1.29 is 18.3 Å². The molecule has 112 valence electrons. The van der Waals surface area contributed by atoms with Gasteiger partial charge in [0.2, 0.25) is 0 Å². The second kappa shape index (κ2) is 5.92. The van der Waals surface area contributed by atoms with E-state index in [0.717, 1.165) is 22.5 Å². The Kier molecular flexibility index (Phi) is 4.40. The molecule has 6 nitrogen and oxygen atoms in total. The van der Waals surface area contributed by atoms with E-state index in [1.807, 2.05) is 31.2 Å². The van der Waals surface area contributed by atoms with Crippen LogP contribution in [0.25, 0.3) is 0 Å². The first-order valence-electron chi connectivity index (χ1n) is 6.07. The van der Waals surface area contributed by atoms with E-state index in [-0.39, 0.29) is 4.21 Å². The van der Waals surface area contributed by atoms with Crippen molar-refractivity contribution in [3.05, 3.63) is 46.6 Å². The second-order valence-electron chi connectivity index (χ2n) is 4.55. The quantitative estimate of drug-likeness (QED) is 0.878. The monoisotopic (exact) mass is 326 g/mol. The number of hydrogen-bond acceptors (Lipinski definition) is 5. The zero-order valence-corrected chi connectivity index (χ0v) is 13.0. The van der Waals surface area contributed by atoms with E-state index in [0.29, 0.717) is 0 Å². The van der Waals surface area contributed by atoms with E-state index in [1.54, 1.807) is 6.92 Å². The number of aromatic carboxylic acids is 1. The normalized spacial score (nSPS) is 13.0. The fraction of sp³-hybridized carbons (Fsp3) is 0.231. The molecule has 21 heavy (non-hydrogen) atoms. The highest BCUT2D eigenvalue weighted by molar-refractivity contribution is 7.91. The maximum Gasteiger partial charge on any atom is 0.356 e. The van der Waals surface area contributed by atoms with Crippen LogP contribution in [-0.2, 0) is 10.0 Å². The van der Waals surface area contributed by atoms with Crippen LogP contribution in [0.3, 0.4) is 0 Å². The van der Waals surface area contributed by atoms with Gasteiger partial charge in [-0.15, -0.1) is 11.3 Å². The van der Waals surface area contributed by atoms with E-state index in [4.69, 9.17) is 5.11 Å². The Morgan fingerprint density at radius 1 is 1.33 bits per heavy atom. The summed E-state index contributed by atoms with van der Waals surface area (Å²) in [4.78, 5) is 14.5. The molecule has 0 aliphatic rings. The molecular weight excluding hydrogens is 312 g/mol. The van der Waals surface area contributed by atoms with Gasteiger partial charge in [0.05, 0.1) is 5.51 Å². The molecule has 0 bridgehead atoms. The number of carbonyl (C=O) groups is 1. The summed E-state index contributed by atoms with van der Waals surface area (Å²) in [6.45, 7) is 3.64. The standard InChI is InChI=1S/C13H14N2O4S2/c1-8-3-5-10(6-4-8)9(2)15-21(18,19)13-11(12(16)17)14-7-20-13/h3-7,9,15H,1-2H3,(H,16,17)/t9-/m1/s1. The predicted octanol–water partition coefficient (Wildman–Crippen LogP) is 2.19. The Morgan fingerprint density at radius 2 is 1.95 bits per heavy atom. The summed E-state index contributed by atoms with van der Waals surface area (Å²) < 4.78 is 26.7. The van der Waals surface area contributed by atoms with E-state index >= 15 is 0 Å². The molecule has 0 amide bonds. The maximum atomic E-state index is 12.3. The average molecular weight is 326 g/mol. The highest BCUT2D eigenvalue weighted by Gasteiger charge is 2.27. The molecule has 1 aromatic carbocycles. The van der Waals surface area contributed by atoms with Crippen molar-refractivity contribution in [2.45, 2.75) is 24.1 Å². The van der Waals surface area contributed by atoms with E-state index in [2.05, 4.69) is 9.71 Å². The number of aromatic nitrogens is 1. The predicted molar refractivity (Wildman–Crippen MR) is 79.0 cm³/mol. The molecule has 0 fully saturated rings.